The second kappa shape index (κ2) is 11.6. The van der Waals surface area contributed by atoms with Crippen LogP contribution in [0.4, 0.5) is 0 Å². The zero-order valence-corrected chi connectivity index (χ0v) is 23.8. The van der Waals surface area contributed by atoms with Crippen LogP contribution < -0.4 is 0 Å². The molecule has 0 atom stereocenters. The molecule has 37 heavy (non-hydrogen) atoms. The fourth-order valence-electron chi connectivity index (χ4n) is 4.48. The minimum atomic E-state index is 0. The first-order chi connectivity index (χ1) is 17.5. The van der Waals surface area contributed by atoms with E-state index in [1.54, 1.807) is 6.20 Å². The van der Waals surface area contributed by atoms with E-state index >= 15 is 0 Å². The molecule has 0 aliphatic rings. The number of benzene rings is 3. The van der Waals surface area contributed by atoms with E-state index in [1.807, 2.05) is 60.8 Å². The SMILES string of the molecule is Cc1cc(-c2[c-]cccc2)ncc1C(C)C.Cc1cccc2c1oc1c(-c3ccccn3)[c-]ccc12.[Ir]. The Balaban J connectivity index is 0.000000173. The minimum Gasteiger partial charge on any atom is -0.500 e. The van der Waals surface area contributed by atoms with E-state index in [4.69, 9.17) is 4.42 Å². The van der Waals surface area contributed by atoms with Gasteiger partial charge in [-0.05, 0) is 48.3 Å². The van der Waals surface area contributed by atoms with E-state index in [9.17, 15) is 0 Å². The number of pyridine rings is 2. The maximum Gasteiger partial charge on any atom is 0.123 e. The molecule has 0 saturated carbocycles. The predicted octanol–water partition coefficient (Wildman–Crippen LogP) is 8.73. The van der Waals surface area contributed by atoms with E-state index in [-0.39, 0.29) is 20.1 Å². The van der Waals surface area contributed by atoms with Crippen LogP contribution in [0.15, 0.2) is 95.7 Å². The van der Waals surface area contributed by atoms with Crippen LogP contribution in [0.2, 0.25) is 0 Å². The van der Waals surface area contributed by atoms with Crippen molar-refractivity contribution in [3.05, 3.63) is 120 Å². The number of para-hydroxylation sites is 1. The summed E-state index contributed by atoms with van der Waals surface area (Å²) >= 11 is 0. The number of aryl methyl sites for hydroxylation is 2. The van der Waals surface area contributed by atoms with Gasteiger partial charge >= 0.3 is 0 Å². The molecule has 3 aromatic carbocycles. The molecule has 0 N–H and O–H groups in total. The molecule has 0 fully saturated rings. The van der Waals surface area contributed by atoms with E-state index in [0.717, 1.165) is 50.0 Å². The standard InChI is InChI=1S/C18H12NO.C15H16N.Ir/c1-12-6-4-7-13-14-8-5-9-15(18(14)20-17(12)13)16-10-2-3-11-19-16;1-11(2)14-10-16-15(9-12(14)3)13-7-5-4-6-8-13;/h2-8,10-11H,1H3;4-7,9-11H,1-3H3;/q2*-1;. The summed E-state index contributed by atoms with van der Waals surface area (Å²) in [5.74, 6) is 0.529. The van der Waals surface area contributed by atoms with Gasteiger partial charge in [0.2, 0.25) is 0 Å². The van der Waals surface area contributed by atoms with Crippen LogP contribution in [0.25, 0.3) is 44.5 Å². The van der Waals surface area contributed by atoms with Crippen LogP contribution in [-0.4, -0.2) is 9.97 Å². The Morgan fingerprint density at radius 3 is 2.24 bits per heavy atom. The van der Waals surface area contributed by atoms with Crippen LogP contribution >= 0.6 is 0 Å². The number of fused-ring (bicyclic) bond motifs is 3. The first-order valence-electron chi connectivity index (χ1n) is 12.2. The van der Waals surface area contributed by atoms with Gasteiger partial charge in [0.05, 0.1) is 5.58 Å². The Morgan fingerprint density at radius 1 is 0.730 bits per heavy atom. The minimum absolute atomic E-state index is 0. The number of rotatable bonds is 3. The number of hydrogen-bond donors (Lipinski definition) is 0. The summed E-state index contributed by atoms with van der Waals surface area (Å²) in [7, 11) is 0. The quantitative estimate of drug-likeness (QED) is 0.178. The Bertz CT molecular complexity index is 1620. The topological polar surface area (TPSA) is 38.9 Å². The van der Waals surface area contributed by atoms with Gasteiger partial charge < -0.3 is 14.4 Å². The summed E-state index contributed by atoms with van der Waals surface area (Å²) in [6.45, 7) is 8.59. The first-order valence-corrected chi connectivity index (χ1v) is 12.2. The Labute approximate surface area is 232 Å². The Morgan fingerprint density at radius 2 is 1.54 bits per heavy atom. The summed E-state index contributed by atoms with van der Waals surface area (Å²) in [6, 6.07) is 32.6. The van der Waals surface area contributed by atoms with Gasteiger partial charge in [0.15, 0.2) is 0 Å². The molecule has 4 heteroatoms. The summed E-state index contributed by atoms with van der Waals surface area (Å²) < 4.78 is 6.10. The molecule has 187 valence electrons. The van der Waals surface area contributed by atoms with Gasteiger partial charge in [-0.1, -0.05) is 66.8 Å². The molecule has 3 heterocycles. The van der Waals surface area contributed by atoms with Gasteiger partial charge in [-0.2, -0.15) is 0 Å². The molecule has 0 aliphatic carbocycles. The van der Waals surface area contributed by atoms with Gasteiger partial charge in [0, 0.05) is 37.9 Å². The Kier molecular flexibility index (Phi) is 8.33. The van der Waals surface area contributed by atoms with Gasteiger partial charge in [0.25, 0.3) is 0 Å². The van der Waals surface area contributed by atoms with Crippen molar-refractivity contribution in [2.24, 2.45) is 0 Å². The van der Waals surface area contributed by atoms with E-state index < -0.39 is 0 Å². The third kappa shape index (κ3) is 5.56. The normalized spacial score (nSPS) is 10.7. The molecule has 0 saturated heterocycles. The molecule has 0 unspecified atom stereocenters. The number of nitrogens with zero attached hydrogens (tertiary/aromatic N) is 2. The zero-order chi connectivity index (χ0) is 25.1. The molecule has 3 aromatic heterocycles. The molecule has 1 radical (unpaired) electrons. The van der Waals surface area contributed by atoms with Crippen molar-refractivity contribution in [1.29, 1.82) is 0 Å². The van der Waals surface area contributed by atoms with E-state index in [2.05, 4.69) is 74.1 Å². The summed E-state index contributed by atoms with van der Waals surface area (Å²) in [5.41, 5.74) is 9.43. The van der Waals surface area contributed by atoms with Crippen LogP contribution in [0, 0.1) is 26.0 Å². The molecule has 3 nitrogen and oxygen atoms in total. The van der Waals surface area contributed by atoms with Gasteiger partial charge in [0.1, 0.15) is 5.58 Å². The van der Waals surface area contributed by atoms with Crippen LogP contribution in [-0.2, 0) is 20.1 Å². The second-order valence-electron chi connectivity index (χ2n) is 9.22. The molecular formula is C33H28IrN2O-2. The first kappa shape index (κ1) is 26.5. The molecule has 6 rings (SSSR count). The summed E-state index contributed by atoms with van der Waals surface area (Å²) in [5, 5.41) is 2.26. The fourth-order valence-corrected chi connectivity index (χ4v) is 4.48. The third-order valence-electron chi connectivity index (χ3n) is 6.33. The average molecular weight is 661 g/mol. The van der Waals surface area contributed by atoms with E-state index in [1.165, 1.54) is 11.1 Å². The molecule has 0 amide bonds. The Hall–Kier alpha value is -3.59. The van der Waals surface area contributed by atoms with Gasteiger partial charge in [-0.25, -0.2) is 0 Å². The van der Waals surface area contributed by atoms with Crippen LogP contribution in [0.3, 0.4) is 0 Å². The van der Waals surface area contributed by atoms with Crippen molar-refractivity contribution < 1.29 is 24.5 Å². The number of aromatic nitrogens is 2. The molecule has 0 bridgehead atoms. The van der Waals surface area contributed by atoms with Crippen molar-refractivity contribution >= 4 is 21.9 Å². The smallest absolute Gasteiger partial charge is 0.123 e. The largest absolute Gasteiger partial charge is 0.500 e. The average Bonchev–Trinajstić information content (AvgIpc) is 3.30. The third-order valence-corrected chi connectivity index (χ3v) is 6.33. The van der Waals surface area contributed by atoms with Crippen molar-refractivity contribution in [3.63, 3.8) is 0 Å². The molecule has 6 aromatic rings. The van der Waals surface area contributed by atoms with Crippen molar-refractivity contribution in [1.82, 2.24) is 9.97 Å². The van der Waals surface area contributed by atoms with Gasteiger partial charge in [-0.15, -0.1) is 54.1 Å². The van der Waals surface area contributed by atoms with Crippen molar-refractivity contribution in [2.45, 2.75) is 33.6 Å². The predicted molar refractivity (Wildman–Crippen MR) is 148 cm³/mol. The maximum absolute atomic E-state index is 6.10. The number of hydrogen-bond acceptors (Lipinski definition) is 3. The molecule has 0 aliphatic heterocycles. The van der Waals surface area contributed by atoms with Crippen molar-refractivity contribution in [2.75, 3.05) is 0 Å². The zero-order valence-electron chi connectivity index (χ0n) is 21.4. The fraction of sp³-hybridized carbons (Fsp3) is 0.152. The van der Waals surface area contributed by atoms with E-state index in [0.29, 0.717) is 5.92 Å². The van der Waals surface area contributed by atoms with Gasteiger partial charge in [-0.3, -0.25) is 0 Å². The van der Waals surface area contributed by atoms with Crippen LogP contribution in [0.5, 0.6) is 0 Å². The molecular weight excluding hydrogens is 633 g/mol. The summed E-state index contributed by atoms with van der Waals surface area (Å²) in [4.78, 5) is 8.90. The summed E-state index contributed by atoms with van der Waals surface area (Å²) in [6.07, 6.45) is 3.77. The second-order valence-corrected chi connectivity index (χ2v) is 9.22. The maximum atomic E-state index is 6.10. The number of furan rings is 1. The molecule has 0 spiro atoms. The monoisotopic (exact) mass is 661 g/mol. The van der Waals surface area contributed by atoms with Crippen LogP contribution in [0.1, 0.15) is 36.5 Å². The van der Waals surface area contributed by atoms with Crippen molar-refractivity contribution in [3.8, 4) is 22.5 Å².